The highest BCUT2D eigenvalue weighted by atomic mass is 16.5. The van der Waals surface area contributed by atoms with E-state index in [-0.39, 0.29) is 0 Å². The molecule has 0 fully saturated rings. The van der Waals surface area contributed by atoms with Crippen LogP contribution in [0.4, 0.5) is 0 Å². The second kappa shape index (κ2) is 6.52. The largest absolute Gasteiger partial charge is 0.346 e. The van der Waals surface area contributed by atoms with E-state index in [1.807, 2.05) is 0 Å². The Morgan fingerprint density at radius 2 is 2.26 bits per heavy atom. The van der Waals surface area contributed by atoms with Gasteiger partial charge in [0.15, 0.2) is 5.82 Å². The van der Waals surface area contributed by atoms with Crippen LogP contribution in [0, 0.1) is 6.92 Å². The monoisotopic (exact) mass is 262 g/mol. The van der Waals surface area contributed by atoms with E-state index in [1.165, 1.54) is 5.56 Å². The highest BCUT2D eigenvalue weighted by Gasteiger charge is 2.10. The molecule has 0 saturated heterocycles. The van der Waals surface area contributed by atoms with E-state index in [2.05, 4.69) is 52.3 Å². The standard InChI is InChI=1S/C14H22N4O/c1-4-7-15-13(5-2)12-6-8-18(9-12)10-14-16-11(3)19-17-14/h6,8-9,13,15H,4-5,7,10H2,1-3H3. The summed E-state index contributed by atoms with van der Waals surface area (Å²) in [6.45, 7) is 7.89. The fourth-order valence-electron chi connectivity index (χ4n) is 2.15. The van der Waals surface area contributed by atoms with Gasteiger partial charge in [-0.05, 0) is 31.0 Å². The number of aromatic nitrogens is 3. The third-order valence-electron chi connectivity index (χ3n) is 3.12. The topological polar surface area (TPSA) is 55.9 Å². The summed E-state index contributed by atoms with van der Waals surface area (Å²) in [5, 5.41) is 7.47. The first-order chi connectivity index (χ1) is 9.22. The van der Waals surface area contributed by atoms with E-state index in [4.69, 9.17) is 4.52 Å². The molecule has 0 aromatic carbocycles. The summed E-state index contributed by atoms with van der Waals surface area (Å²) in [5.74, 6) is 1.33. The van der Waals surface area contributed by atoms with Crippen LogP contribution in [0.1, 0.15) is 50.0 Å². The first-order valence-electron chi connectivity index (χ1n) is 6.91. The van der Waals surface area contributed by atoms with Gasteiger partial charge in [0.1, 0.15) is 0 Å². The zero-order valence-corrected chi connectivity index (χ0v) is 11.9. The Balaban J connectivity index is 2.01. The summed E-state index contributed by atoms with van der Waals surface area (Å²) in [6, 6.07) is 2.58. The fraction of sp³-hybridized carbons (Fsp3) is 0.571. The van der Waals surface area contributed by atoms with Crippen LogP contribution >= 0.6 is 0 Å². The molecule has 0 saturated carbocycles. The van der Waals surface area contributed by atoms with E-state index < -0.39 is 0 Å². The first-order valence-corrected chi connectivity index (χ1v) is 6.91. The van der Waals surface area contributed by atoms with Crippen molar-refractivity contribution in [2.24, 2.45) is 0 Å². The molecule has 0 aliphatic rings. The summed E-state index contributed by atoms with van der Waals surface area (Å²) < 4.78 is 7.07. The van der Waals surface area contributed by atoms with Crippen LogP contribution in [0.25, 0.3) is 0 Å². The maximum Gasteiger partial charge on any atom is 0.223 e. The van der Waals surface area contributed by atoms with Crippen molar-refractivity contribution in [3.8, 4) is 0 Å². The second-order valence-electron chi connectivity index (χ2n) is 4.76. The van der Waals surface area contributed by atoms with Gasteiger partial charge in [-0.3, -0.25) is 0 Å². The van der Waals surface area contributed by atoms with Gasteiger partial charge < -0.3 is 14.4 Å². The molecule has 2 rings (SSSR count). The van der Waals surface area contributed by atoms with Gasteiger partial charge >= 0.3 is 0 Å². The zero-order chi connectivity index (χ0) is 13.7. The molecule has 5 nitrogen and oxygen atoms in total. The fourth-order valence-corrected chi connectivity index (χ4v) is 2.15. The Morgan fingerprint density at radius 3 is 2.89 bits per heavy atom. The van der Waals surface area contributed by atoms with Crippen LogP contribution < -0.4 is 5.32 Å². The molecule has 104 valence electrons. The van der Waals surface area contributed by atoms with Crippen molar-refractivity contribution in [1.82, 2.24) is 20.0 Å². The zero-order valence-electron chi connectivity index (χ0n) is 11.9. The van der Waals surface area contributed by atoms with Crippen molar-refractivity contribution in [3.63, 3.8) is 0 Å². The predicted octanol–water partition coefficient (Wildman–Crippen LogP) is 2.68. The van der Waals surface area contributed by atoms with Crippen LogP contribution in [0.3, 0.4) is 0 Å². The number of hydrogen-bond donors (Lipinski definition) is 1. The normalized spacial score (nSPS) is 12.8. The van der Waals surface area contributed by atoms with Gasteiger partial charge in [-0.15, -0.1) is 0 Å². The van der Waals surface area contributed by atoms with Gasteiger partial charge in [0.25, 0.3) is 0 Å². The number of aryl methyl sites for hydroxylation is 1. The second-order valence-corrected chi connectivity index (χ2v) is 4.76. The third kappa shape index (κ3) is 3.67. The molecule has 2 aromatic rings. The molecular formula is C14H22N4O. The van der Waals surface area contributed by atoms with Crippen molar-refractivity contribution < 1.29 is 4.52 Å². The molecule has 1 N–H and O–H groups in total. The molecule has 19 heavy (non-hydrogen) atoms. The first kappa shape index (κ1) is 13.8. The Bertz CT molecular complexity index is 503. The van der Waals surface area contributed by atoms with Crippen LogP contribution in [-0.4, -0.2) is 21.3 Å². The molecule has 0 aliphatic heterocycles. The molecule has 1 atom stereocenters. The van der Waals surface area contributed by atoms with Crippen molar-refractivity contribution in [3.05, 3.63) is 35.7 Å². The number of nitrogens with one attached hydrogen (secondary N) is 1. The maximum absolute atomic E-state index is 4.98. The lowest BCUT2D eigenvalue weighted by Crippen LogP contribution is -2.21. The van der Waals surface area contributed by atoms with Crippen molar-refractivity contribution in [2.45, 2.75) is 46.2 Å². The van der Waals surface area contributed by atoms with Gasteiger partial charge in [-0.1, -0.05) is 19.0 Å². The third-order valence-corrected chi connectivity index (χ3v) is 3.12. The lowest BCUT2D eigenvalue weighted by atomic mass is 10.1. The molecule has 0 aliphatic carbocycles. The van der Waals surface area contributed by atoms with Gasteiger partial charge in [-0.25, -0.2) is 0 Å². The molecule has 2 aromatic heterocycles. The Labute approximate surface area is 114 Å². The Kier molecular flexibility index (Phi) is 4.74. The Morgan fingerprint density at radius 1 is 1.42 bits per heavy atom. The highest BCUT2D eigenvalue weighted by Crippen LogP contribution is 2.17. The molecule has 5 heteroatoms. The molecule has 1 unspecified atom stereocenters. The summed E-state index contributed by atoms with van der Waals surface area (Å²) in [7, 11) is 0. The molecule has 2 heterocycles. The van der Waals surface area contributed by atoms with E-state index >= 15 is 0 Å². The van der Waals surface area contributed by atoms with E-state index in [1.54, 1.807) is 6.92 Å². The van der Waals surface area contributed by atoms with Crippen LogP contribution in [0.5, 0.6) is 0 Å². The SMILES string of the molecule is CCCNC(CC)c1ccn(Cc2noc(C)n2)c1. The molecule has 0 spiro atoms. The van der Waals surface area contributed by atoms with Crippen LogP contribution in [0.15, 0.2) is 23.0 Å². The number of nitrogens with zero attached hydrogens (tertiary/aromatic N) is 3. The Hall–Kier alpha value is -1.62. The van der Waals surface area contributed by atoms with Crippen molar-refractivity contribution in [1.29, 1.82) is 0 Å². The van der Waals surface area contributed by atoms with Crippen molar-refractivity contribution >= 4 is 0 Å². The van der Waals surface area contributed by atoms with Crippen molar-refractivity contribution in [2.75, 3.05) is 6.54 Å². The smallest absolute Gasteiger partial charge is 0.223 e. The summed E-state index contributed by atoms with van der Waals surface area (Å²) >= 11 is 0. The van der Waals surface area contributed by atoms with Crippen LogP contribution in [0.2, 0.25) is 0 Å². The average Bonchev–Trinajstić information content (AvgIpc) is 3.01. The van der Waals surface area contributed by atoms with E-state index in [0.717, 1.165) is 19.4 Å². The average molecular weight is 262 g/mol. The molecular weight excluding hydrogens is 240 g/mol. The van der Waals surface area contributed by atoms with Gasteiger partial charge in [0.05, 0.1) is 6.54 Å². The van der Waals surface area contributed by atoms with Gasteiger partial charge in [0.2, 0.25) is 5.89 Å². The summed E-state index contributed by atoms with van der Waals surface area (Å²) in [4.78, 5) is 4.22. The predicted molar refractivity (Wildman–Crippen MR) is 73.9 cm³/mol. The molecule has 0 radical (unpaired) electrons. The molecule has 0 amide bonds. The minimum absolute atomic E-state index is 0.424. The summed E-state index contributed by atoms with van der Waals surface area (Å²) in [6.07, 6.45) is 6.46. The van der Waals surface area contributed by atoms with Gasteiger partial charge in [0, 0.05) is 25.4 Å². The quantitative estimate of drug-likeness (QED) is 0.833. The highest BCUT2D eigenvalue weighted by molar-refractivity contribution is 5.16. The van der Waals surface area contributed by atoms with Gasteiger partial charge in [-0.2, -0.15) is 4.98 Å². The number of rotatable bonds is 7. The summed E-state index contributed by atoms with van der Waals surface area (Å²) in [5.41, 5.74) is 1.32. The maximum atomic E-state index is 4.98. The molecule has 0 bridgehead atoms. The van der Waals surface area contributed by atoms with Crippen LogP contribution in [-0.2, 0) is 6.54 Å². The van der Waals surface area contributed by atoms with E-state index in [0.29, 0.717) is 24.3 Å². The number of hydrogen-bond acceptors (Lipinski definition) is 4. The lowest BCUT2D eigenvalue weighted by Gasteiger charge is -2.14. The minimum atomic E-state index is 0.424. The minimum Gasteiger partial charge on any atom is -0.346 e. The lowest BCUT2D eigenvalue weighted by molar-refractivity contribution is 0.386. The van der Waals surface area contributed by atoms with E-state index in [9.17, 15) is 0 Å².